The van der Waals surface area contributed by atoms with Crippen LogP contribution in [0.25, 0.3) is 6.08 Å². The highest BCUT2D eigenvalue weighted by Gasteiger charge is 2.34. The fourth-order valence-corrected chi connectivity index (χ4v) is 5.05. The number of phenolic OH excluding ortho intramolecular Hbond substituents is 1. The second kappa shape index (κ2) is 10.0. The third-order valence-electron chi connectivity index (χ3n) is 4.01. The normalized spacial score (nSPS) is 16.3. The quantitative estimate of drug-likeness (QED) is 0.410. The Morgan fingerprint density at radius 3 is 2.45 bits per heavy atom. The molecule has 6 nitrogen and oxygen atoms in total. The van der Waals surface area contributed by atoms with Gasteiger partial charge in [0.2, 0.25) is 0 Å². The van der Waals surface area contributed by atoms with Crippen molar-refractivity contribution in [3.05, 3.63) is 77.7 Å². The number of hydrogen-bond acceptors (Lipinski definition) is 6. The maximum atomic E-state index is 12.6. The Morgan fingerprint density at radius 2 is 1.84 bits per heavy atom. The van der Waals surface area contributed by atoms with E-state index in [2.05, 4.69) is 36.9 Å². The van der Waals surface area contributed by atoms with Crippen LogP contribution in [0.2, 0.25) is 5.02 Å². The van der Waals surface area contributed by atoms with Gasteiger partial charge in [-0.15, -0.1) is 0 Å². The van der Waals surface area contributed by atoms with Crippen LogP contribution in [-0.4, -0.2) is 33.7 Å². The minimum absolute atomic E-state index is 0.00373. The molecule has 0 aromatic heterocycles. The Balaban J connectivity index is 2.06. The zero-order chi connectivity index (χ0) is 22.7. The number of halogens is 3. The van der Waals surface area contributed by atoms with Crippen LogP contribution < -0.4 is 0 Å². The molecule has 1 heterocycles. The van der Waals surface area contributed by atoms with E-state index in [0.29, 0.717) is 19.4 Å². The first kappa shape index (κ1) is 23.6. The van der Waals surface area contributed by atoms with E-state index in [1.54, 1.807) is 43.3 Å². The number of hydrogen-bond donors (Lipinski definition) is 2. The minimum atomic E-state index is -0.797. The summed E-state index contributed by atoms with van der Waals surface area (Å²) in [6.45, 7) is 1.72. The molecule has 0 radical (unpaired) electrons. The summed E-state index contributed by atoms with van der Waals surface area (Å²) in [6.07, 6.45) is 1.59. The van der Waals surface area contributed by atoms with Crippen LogP contribution >= 0.6 is 55.2 Å². The molecule has 0 fully saturated rings. The first-order valence-corrected chi connectivity index (χ1v) is 11.6. The van der Waals surface area contributed by atoms with Crippen LogP contribution in [0.5, 0.6) is 5.75 Å². The van der Waals surface area contributed by atoms with Crippen molar-refractivity contribution in [2.24, 2.45) is 4.99 Å². The maximum absolute atomic E-state index is 12.6. The Labute approximate surface area is 203 Å². The van der Waals surface area contributed by atoms with E-state index in [4.69, 9.17) is 16.3 Å². The number of esters is 1. The molecule has 31 heavy (non-hydrogen) atoms. The first-order chi connectivity index (χ1) is 14.7. The standard InChI is InChI=1S/C21H14Br2ClNO5S/c1-2-30-21(29)16-18(27)15(9-10-7-12(22)17(26)13(23)8-10)31-20(16)25-19(28)11-5-3-4-6-14(11)24/h3-9,26-27H,2H2,1H3/b15-9-,25-20?. The number of phenols is 1. The molecule has 0 saturated heterocycles. The Morgan fingerprint density at radius 1 is 1.19 bits per heavy atom. The summed E-state index contributed by atoms with van der Waals surface area (Å²) in [5.74, 6) is -1.77. The lowest BCUT2D eigenvalue weighted by atomic mass is 10.1. The molecule has 3 rings (SSSR count). The smallest absolute Gasteiger partial charge is 0.344 e. The summed E-state index contributed by atoms with van der Waals surface area (Å²) in [7, 11) is 0. The lowest BCUT2D eigenvalue weighted by molar-refractivity contribution is -0.138. The molecule has 2 N–H and O–H groups in total. The number of aliphatic imine (C=N–C) groups is 1. The van der Waals surface area contributed by atoms with Gasteiger partial charge in [-0.1, -0.05) is 35.5 Å². The van der Waals surface area contributed by atoms with Gasteiger partial charge in [0.25, 0.3) is 5.91 Å². The van der Waals surface area contributed by atoms with Crippen molar-refractivity contribution in [3.8, 4) is 5.75 Å². The fraction of sp³-hybridized carbons (Fsp3) is 0.0952. The summed E-state index contributed by atoms with van der Waals surface area (Å²) in [6, 6.07) is 9.67. The Bertz CT molecular complexity index is 1150. The summed E-state index contributed by atoms with van der Waals surface area (Å²) < 4.78 is 5.90. The molecule has 0 unspecified atom stereocenters. The van der Waals surface area contributed by atoms with Gasteiger partial charge in [0.05, 0.1) is 31.0 Å². The molecule has 160 valence electrons. The zero-order valence-corrected chi connectivity index (χ0v) is 20.6. The number of benzene rings is 2. The van der Waals surface area contributed by atoms with Gasteiger partial charge in [-0.05, 0) is 74.7 Å². The predicted molar refractivity (Wildman–Crippen MR) is 129 cm³/mol. The van der Waals surface area contributed by atoms with E-state index in [9.17, 15) is 19.8 Å². The molecular formula is C21H14Br2ClNO5S. The third-order valence-corrected chi connectivity index (χ3v) is 6.57. The van der Waals surface area contributed by atoms with Gasteiger partial charge in [0.15, 0.2) is 0 Å². The SMILES string of the molecule is CCOC(=O)C1=C(O)/C(=C/c2cc(Br)c(O)c(Br)c2)SC1=NC(=O)c1ccccc1Cl. The molecular weight excluding hydrogens is 574 g/mol. The summed E-state index contributed by atoms with van der Waals surface area (Å²) in [5.41, 5.74) is 0.590. The Kier molecular flexibility index (Phi) is 7.64. The topological polar surface area (TPSA) is 96.2 Å². The highest BCUT2D eigenvalue weighted by Crippen LogP contribution is 2.41. The lowest BCUT2D eigenvalue weighted by Gasteiger charge is -2.04. The number of nitrogens with zero attached hydrogens (tertiary/aromatic N) is 1. The zero-order valence-electron chi connectivity index (χ0n) is 15.9. The molecule has 0 atom stereocenters. The van der Waals surface area contributed by atoms with Crippen molar-refractivity contribution >= 4 is 78.2 Å². The number of aliphatic hydroxyl groups is 1. The van der Waals surface area contributed by atoms with Crippen LogP contribution in [0, 0.1) is 0 Å². The summed E-state index contributed by atoms with van der Waals surface area (Å²) in [4.78, 5) is 29.4. The number of aromatic hydroxyl groups is 1. The van der Waals surface area contributed by atoms with Gasteiger partial charge < -0.3 is 14.9 Å². The predicted octanol–water partition coefficient (Wildman–Crippen LogP) is 6.27. The van der Waals surface area contributed by atoms with E-state index >= 15 is 0 Å². The fourth-order valence-electron chi connectivity index (χ4n) is 2.60. The second-order valence-corrected chi connectivity index (χ2v) is 9.24. The van der Waals surface area contributed by atoms with Crippen molar-refractivity contribution in [3.63, 3.8) is 0 Å². The highest BCUT2D eigenvalue weighted by molar-refractivity contribution is 9.11. The molecule has 2 aromatic carbocycles. The molecule has 0 aliphatic carbocycles. The van der Waals surface area contributed by atoms with Gasteiger partial charge in [-0.2, -0.15) is 0 Å². The summed E-state index contributed by atoms with van der Waals surface area (Å²) >= 11 is 13.5. The van der Waals surface area contributed by atoms with E-state index in [0.717, 1.165) is 11.8 Å². The van der Waals surface area contributed by atoms with E-state index < -0.39 is 11.9 Å². The second-order valence-electron chi connectivity index (χ2n) is 6.09. The number of aliphatic hydroxyl groups excluding tert-OH is 1. The number of ether oxygens (including phenoxy) is 1. The maximum Gasteiger partial charge on any atom is 0.344 e. The monoisotopic (exact) mass is 585 g/mol. The molecule has 0 spiro atoms. The van der Waals surface area contributed by atoms with Gasteiger partial charge in [-0.3, -0.25) is 4.79 Å². The van der Waals surface area contributed by atoms with Crippen molar-refractivity contribution in [2.45, 2.75) is 6.92 Å². The molecule has 0 saturated carbocycles. The minimum Gasteiger partial charge on any atom is -0.506 e. The van der Waals surface area contributed by atoms with Gasteiger partial charge >= 0.3 is 5.97 Å². The molecule has 10 heteroatoms. The molecule has 1 aliphatic rings. The van der Waals surface area contributed by atoms with E-state index in [1.807, 2.05) is 0 Å². The summed E-state index contributed by atoms with van der Waals surface area (Å²) in [5, 5.41) is 20.8. The molecule has 1 amide bonds. The van der Waals surface area contributed by atoms with Gasteiger partial charge in [0, 0.05) is 0 Å². The Hall–Kier alpha value is -2.07. The average molecular weight is 588 g/mol. The number of rotatable bonds is 4. The van der Waals surface area contributed by atoms with E-state index in [-0.39, 0.29) is 39.3 Å². The molecule has 2 aromatic rings. The van der Waals surface area contributed by atoms with Crippen LogP contribution in [0.15, 0.2) is 66.6 Å². The van der Waals surface area contributed by atoms with Crippen molar-refractivity contribution < 1.29 is 24.5 Å². The average Bonchev–Trinajstić information content (AvgIpc) is 3.01. The van der Waals surface area contributed by atoms with Crippen LogP contribution in [0.1, 0.15) is 22.8 Å². The number of carbonyl (C=O) groups is 2. The molecule has 1 aliphatic heterocycles. The van der Waals surface area contributed by atoms with E-state index in [1.165, 1.54) is 6.07 Å². The van der Waals surface area contributed by atoms with Crippen molar-refractivity contribution in [1.29, 1.82) is 0 Å². The number of thioether (sulfide) groups is 1. The third kappa shape index (κ3) is 5.23. The van der Waals surface area contributed by atoms with Crippen LogP contribution in [0.3, 0.4) is 0 Å². The molecule has 0 bridgehead atoms. The van der Waals surface area contributed by atoms with Crippen molar-refractivity contribution in [1.82, 2.24) is 0 Å². The van der Waals surface area contributed by atoms with Gasteiger partial charge in [-0.25, -0.2) is 9.79 Å². The lowest BCUT2D eigenvalue weighted by Crippen LogP contribution is -2.14. The van der Waals surface area contributed by atoms with Crippen LogP contribution in [-0.2, 0) is 9.53 Å². The van der Waals surface area contributed by atoms with Crippen LogP contribution in [0.4, 0.5) is 0 Å². The highest BCUT2D eigenvalue weighted by atomic mass is 79.9. The van der Waals surface area contributed by atoms with Crippen molar-refractivity contribution in [2.75, 3.05) is 6.61 Å². The number of carbonyl (C=O) groups excluding carboxylic acids is 2. The number of amides is 1. The largest absolute Gasteiger partial charge is 0.506 e. The van der Waals surface area contributed by atoms with Gasteiger partial charge in [0.1, 0.15) is 22.1 Å². The first-order valence-electron chi connectivity index (χ1n) is 8.79.